The van der Waals surface area contributed by atoms with Crippen molar-refractivity contribution >= 4 is 125 Å². The Morgan fingerprint density at radius 1 is 0.712 bits per heavy atom. The summed E-state index contributed by atoms with van der Waals surface area (Å²) in [7, 11) is 9.38. The van der Waals surface area contributed by atoms with E-state index in [4.69, 9.17) is 95.5 Å². The normalized spacial score (nSPS) is 21.5. The molecule has 6 aliphatic carbocycles. The van der Waals surface area contributed by atoms with Crippen LogP contribution in [0.2, 0.25) is 0 Å². The zero-order valence-corrected chi connectivity index (χ0v) is 101. The molecule has 1 amide bonds. The molecule has 146 heavy (non-hydrogen) atoms. The predicted molar refractivity (Wildman–Crippen MR) is 558 cm³/mol. The Hall–Kier alpha value is -5.97. The van der Waals surface area contributed by atoms with E-state index >= 15 is 0 Å². The van der Waals surface area contributed by atoms with Crippen molar-refractivity contribution in [2.24, 2.45) is 45.8 Å². The van der Waals surface area contributed by atoms with Gasteiger partial charge in [0.25, 0.3) is 0 Å². The maximum atomic E-state index is 12.1. The summed E-state index contributed by atoms with van der Waals surface area (Å²) < 4.78 is 263. The van der Waals surface area contributed by atoms with Gasteiger partial charge in [0.15, 0.2) is 18.9 Å². The van der Waals surface area contributed by atoms with Crippen LogP contribution in [0.25, 0.3) is 49.4 Å². The summed E-state index contributed by atoms with van der Waals surface area (Å²) >= 11 is 5.82. The number of ketones is 1. The van der Waals surface area contributed by atoms with Crippen molar-refractivity contribution in [1.82, 2.24) is 59.6 Å². The number of halogens is 2. The van der Waals surface area contributed by atoms with Crippen molar-refractivity contribution in [3.05, 3.63) is 85.5 Å². The van der Waals surface area contributed by atoms with Gasteiger partial charge in [-0.1, -0.05) is 150 Å². The number of nitrogens with zero attached hydrogens (tertiary/aromatic N) is 13. The number of esters is 5. The standard InChI is InChI=1S/C23H28N6O2.C15H17N5O2.C11H18O4.C8H15NO2.C8H11N.C6H10O3.C6H10O2.C6H10O.C4H8Br2.C4H9O.C4H10O.C2H2NO2P.C2H7NO.C2H5O.CH4.BH.K.Na.U/c1-23(2,3)22(30)31-15-28-10-9-18-20(25-14-26-21(18)28)17-11-27-29(13-17)19(12-24-4)16-7-5-6-8-16;1-15(2,3)14(21)22-9-20-5-4-11-12(10-6-18-19-7-10)16-8-17-13(11)20;1-3-14-9(12)11(7-5-6-8-11)10(13)15-4-2;1-9(11-2)8(10)7-5-3-4-6-7;9-7-3-6-8-4-1-2-5-8;1-3-9-6(8)4-5(2)7;7-6(8)5-3-1-2-4-5;7-5-6-3-1-2-4-6;5-3-1-2-4-6;1-4(2,3)5;1-3-5-4-2;3-1-2-5-6-4;1-3-4-2;1-2-3;;;;;/h9-11,13-14,16,19H,5-8,12,15H2,1-3H3;4-8H,9H2,1-3H3,(H,18,19);3-8H2,1-2H3;7H,3-6H2,1-2H3;3,6,8H,1-2,4-5H2;3-4H2,1-2H3;5H,1-4H2,(H,7,8);5-6H,1-4H2;1-4H2;1-3H3;3-4H2,1-2H3;2H2;3H,1-2H3;2H2,1H3;1H4;1H;;;/q;;;;;;;;;-1;;;;-1;;;2*+1;/i5D2,6D2;;5D2,6D2;3D2,4D2;1D2,2D2;;3*1D2,2D2;;;;;;;1D;;;. The maximum absolute atomic E-state index is 12.1. The molecule has 2 radical (unpaired) electrons. The third kappa shape index (κ3) is 68.1. The third-order valence-electron chi connectivity index (χ3n) is 17.9. The van der Waals surface area contributed by atoms with Gasteiger partial charge in [0.05, 0.1) is 86.7 Å². The number of carboxylic acid groups (broad SMARTS) is 1. The van der Waals surface area contributed by atoms with Crippen LogP contribution in [-0.2, 0) is 104 Å². The van der Waals surface area contributed by atoms with Crippen molar-refractivity contribution < 1.29 is 256 Å². The molecular formula is C102H165BBr2KN15NaO22PU. The van der Waals surface area contributed by atoms with Crippen LogP contribution in [0.4, 0.5) is 0 Å². The van der Waals surface area contributed by atoms with Crippen molar-refractivity contribution in [3.8, 4) is 34.7 Å². The summed E-state index contributed by atoms with van der Waals surface area (Å²) in [6.07, 6.45) is -11.7. The average molecular weight is 2480 g/mol. The Bertz CT molecular complexity index is 5920. The Balaban J connectivity index is -0.000000363. The van der Waals surface area contributed by atoms with Crippen LogP contribution >= 0.6 is 40.5 Å². The van der Waals surface area contributed by atoms with Gasteiger partial charge in [-0.05, 0) is 198 Å². The summed E-state index contributed by atoms with van der Waals surface area (Å²) in [6, 6.07) is 6.75. The van der Waals surface area contributed by atoms with Crippen LogP contribution in [0, 0.1) is 106 Å². The van der Waals surface area contributed by atoms with E-state index in [2.05, 4.69) is 99.9 Å². The molecule has 0 saturated heterocycles. The fraction of sp³-hybridized carbons (Fsp3) is 0.686. The topological polar surface area (TPSA) is 495 Å². The maximum Gasteiger partial charge on any atom is 1.00 e. The molecule has 6 aromatic heterocycles. The van der Waals surface area contributed by atoms with Crippen LogP contribution in [0.3, 0.4) is 0 Å². The van der Waals surface area contributed by atoms with Crippen LogP contribution in [0.15, 0.2) is 74.1 Å². The van der Waals surface area contributed by atoms with E-state index in [0.717, 1.165) is 40.3 Å². The predicted octanol–water partition coefficient (Wildman–Crippen LogP) is 12.8. The zero-order valence-electron chi connectivity index (χ0n) is 116. The molecular weight excluding hydrogens is 2290 g/mol. The number of nitrogens with one attached hydrogen (secondary N) is 2. The molecule has 1 atom stereocenters. The van der Waals surface area contributed by atoms with Gasteiger partial charge in [0.1, 0.15) is 55.1 Å². The number of H-pyrrole nitrogens is 1. The molecule has 0 spiro atoms. The van der Waals surface area contributed by atoms with Gasteiger partial charge in [0.2, 0.25) is 12.5 Å². The Morgan fingerprint density at radius 2 is 1.14 bits per heavy atom. The smallest absolute Gasteiger partial charge is 0.855 e. The molecule has 6 fully saturated rings. The van der Waals surface area contributed by atoms with Crippen LogP contribution < -0.4 is 96.6 Å². The molecule has 6 saturated carbocycles. The molecule has 6 aromatic rings. The van der Waals surface area contributed by atoms with Crippen LogP contribution in [0.5, 0.6) is 0 Å². The number of hydroxylamine groups is 3. The Morgan fingerprint density at radius 3 is 1.47 bits per heavy atom. The third-order valence-corrected chi connectivity index (χ3v) is 18.7. The fourth-order valence-corrected chi connectivity index (χ4v) is 11.3. The first-order valence-electron chi connectivity index (χ1n) is 59.3. The van der Waals surface area contributed by atoms with Gasteiger partial charge in [-0.3, -0.25) is 66.6 Å². The SMILES string of the molecule is C.CC(C)(C)C(=O)OCn1ccc2c(-c3cn[nH]c3)ncnc21.CC(C)(C)[O-].CCOC(=O)CC(C)=O.CCOCC.CC[O-].CNOC.N#CCOP=O.[2H]C([2H])(CBr)C([2H])([2H])CBr.[2H]C1([2H])CC(C(=O)N(C)OC)CC1([2H])[2H].[2H]C1([2H])CC(C(=O)O)CC1([2H])[2H].[2H]C1([2H])CC(C(=O)OCC)(C(=O)OCC)CC1([2H])[2H].[2H]C1([2H])CC(C(C[N+]#[C-])n2cc(-c3ncnc4c3ccn4COC(=O)C(C)(C)C)cn2)CC1([2H])[2H].[2H]C1([2H])CC(C=CC#N)CC1([2H])[2H].[2H]C1([2H])CC(C=O)CC1([2H])[2H].[2H][B].[K+].[Na+].[U]. The number of carboxylic acids is 1. The zero-order chi connectivity index (χ0) is 134. The molecule has 0 aliphatic heterocycles. The number of amides is 1. The Kier molecular flexibility index (Phi) is 65.5. The number of aromatic amines is 1. The van der Waals surface area contributed by atoms with E-state index in [9.17, 15) is 52.8 Å². The molecule has 0 aromatic carbocycles. The second-order valence-corrected chi connectivity index (χ2v) is 33.8. The summed E-state index contributed by atoms with van der Waals surface area (Å²) in [5, 5.41) is 57.3. The number of aliphatic carboxylic acids is 1. The number of hydrogen-bond donors (Lipinski definition) is 3. The van der Waals surface area contributed by atoms with Crippen molar-refractivity contribution in [2.45, 2.75) is 316 Å². The number of aromatic nitrogens is 10. The number of allylic oxidation sites excluding steroid dienone is 2. The van der Waals surface area contributed by atoms with Crippen LogP contribution in [0.1, 0.15) is 335 Å². The van der Waals surface area contributed by atoms with Gasteiger partial charge in [0, 0.05) is 180 Å². The van der Waals surface area contributed by atoms with Gasteiger partial charge < -0.3 is 58.2 Å². The second-order valence-electron chi connectivity index (χ2n) is 32.3. The van der Waals surface area contributed by atoms with Gasteiger partial charge in [-0.15, -0.1) is 12.2 Å². The van der Waals surface area contributed by atoms with E-state index in [1.54, 1.807) is 140 Å². The first-order chi connectivity index (χ1) is 78.4. The van der Waals surface area contributed by atoms with E-state index in [1.165, 1.54) is 39.8 Å². The number of hydrogen-bond acceptors (Lipinski definition) is 30. The quantitative estimate of drug-likeness (QED) is 0.00335. The van der Waals surface area contributed by atoms with Gasteiger partial charge in [-0.2, -0.15) is 20.7 Å². The minimum absolute atomic E-state index is 0. The molecule has 808 valence electrons. The first-order valence-corrected chi connectivity index (χ1v) is 47.7. The van der Waals surface area contributed by atoms with Crippen molar-refractivity contribution in [2.75, 3.05) is 91.8 Å². The number of fused-ring (bicyclic) bond motifs is 2. The van der Waals surface area contributed by atoms with E-state index < -0.39 is 180 Å². The molecule has 0 bridgehead atoms. The first kappa shape index (κ1) is 103. The van der Waals surface area contributed by atoms with E-state index in [-0.39, 0.29) is 283 Å². The monoisotopic (exact) mass is 2480 g/mol. The van der Waals surface area contributed by atoms with Gasteiger partial charge in [-0.25, -0.2) is 41.6 Å². The Labute approximate surface area is 1020 Å². The van der Waals surface area contributed by atoms with Crippen molar-refractivity contribution in [3.63, 3.8) is 0 Å². The minimum atomic E-state index is -2.29. The number of nitriles is 2. The fourth-order valence-electron chi connectivity index (χ4n) is 10.8. The number of alkyl halides is 2. The molecule has 44 heteroatoms. The summed E-state index contributed by atoms with van der Waals surface area (Å²) in [6.45, 7) is 37.0. The number of rotatable bonds is 29. The molecule has 3 N–H and O–H groups in total. The molecule has 37 nitrogen and oxygen atoms in total. The average Bonchev–Trinajstić information content (AvgIpc) is 1.57. The van der Waals surface area contributed by atoms with Crippen LogP contribution in [-0.4, -0.2) is 220 Å². The van der Waals surface area contributed by atoms with Gasteiger partial charge >= 0.3 is 125 Å². The molecule has 6 aliphatic rings. The number of ether oxygens (including phenoxy) is 6. The number of carbonyl (C=O) groups excluding carboxylic acids is 8. The summed E-state index contributed by atoms with van der Waals surface area (Å²) in [5.74, 6) is -6.95. The van der Waals surface area contributed by atoms with E-state index in [0.29, 0.717) is 35.4 Å². The molecule has 1 unspecified atom stereocenters. The van der Waals surface area contributed by atoms with Crippen molar-refractivity contribution in [1.29, 1.82) is 11.9 Å². The molecule has 6 heterocycles. The second kappa shape index (κ2) is 92.7. The number of Topliss-reactive ketones (excluding diaryl/α,β-unsaturated/α-hetero) is 1. The summed E-state index contributed by atoms with van der Waals surface area (Å²) in [5.41, 5.74) is 2.96. The molecule has 12 rings (SSSR count). The summed E-state index contributed by atoms with van der Waals surface area (Å²) in [4.78, 5) is 131. The van der Waals surface area contributed by atoms with E-state index in [1.807, 2.05) is 59.0 Å². The largest absolute Gasteiger partial charge is 1.00 e. The number of carbonyl (C=O) groups is 9. The number of aldehydes is 1. The minimum Gasteiger partial charge on any atom is -0.855 e.